The van der Waals surface area contributed by atoms with Gasteiger partial charge in [0.1, 0.15) is 11.9 Å². The Labute approximate surface area is 112 Å². The van der Waals surface area contributed by atoms with Crippen LogP contribution >= 0.6 is 0 Å². The third-order valence-electron chi connectivity index (χ3n) is 2.70. The second-order valence-electron chi connectivity index (χ2n) is 4.00. The van der Waals surface area contributed by atoms with Gasteiger partial charge in [0.15, 0.2) is 0 Å². The molecule has 5 heteroatoms. The van der Waals surface area contributed by atoms with E-state index in [-0.39, 0.29) is 24.6 Å². The molecule has 0 heterocycles. The molecule has 0 N–H and O–H groups in total. The summed E-state index contributed by atoms with van der Waals surface area (Å²) in [7, 11) is 0. The number of halogens is 1. The number of hydrogen-bond donors (Lipinski definition) is 0. The highest BCUT2D eigenvalue weighted by molar-refractivity contribution is 5.71. The monoisotopic (exact) mass is 264 g/mol. The van der Waals surface area contributed by atoms with Gasteiger partial charge in [-0.05, 0) is 19.5 Å². The van der Waals surface area contributed by atoms with E-state index in [9.17, 15) is 9.18 Å². The zero-order valence-electron chi connectivity index (χ0n) is 11.1. The number of likely N-dealkylation sites (N-methyl/N-ethyl adjacent to an activating group) is 1. The first-order chi connectivity index (χ1) is 9.12. The molecule has 0 saturated heterocycles. The van der Waals surface area contributed by atoms with Crippen LogP contribution in [0.5, 0.6) is 0 Å². The van der Waals surface area contributed by atoms with Gasteiger partial charge in [0.05, 0.1) is 18.7 Å². The van der Waals surface area contributed by atoms with Gasteiger partial charge in [0.2, 0.25) is 0 Å². The number of esters is 1. The quantitative estimate of drug-likeness (QED) is 0.738. The minimum absolute atomic E-state index is 0.0182. The van der Waals surface area contributed by atoms with Gasteiger partial charge in [0, 0.05) is 12.1 Å². The van der Waals surface area contributed by atoms with E-state index in [2.05, 4.69) is 0 Å². The highest BCUT2D eigenvalue weighted by atomic mass is 19.1. The van der Waals surface area contributed by atoms with Crippen LogP contribution in [0.15, 0.2) is 18.2 Å². The number of nitrogens with zero attached hydrogens (tertiary/aromatic N) is 2. The molecule has 1 aromatic rings. The van der Waals surface area contributed by atoms with E-state index in [0.29, 0.717) is 18.7 Å². The number of rotatable bonds is 6. The van der Waals surface area contributed by atoms with Crippen LogP contribution in [0.4, 0.5) is 4.39 Å². The van der Waals surface area contributed by atoms with Gasteiger partial charge in [0.25, 0.3) is 0 Å². The lowest BCUT2D eigenvalue weighted by Gasteiger charge is -2.19. The van der Waals surface area contributed by atoms with Crippen LogP contribution in [0.2, 0.25) is 0 Å². The summed E-state index contributed by atoms with van der Waals surface area (Å²) in [5, 5.41) is 8.77. The van der Waals surface area contributed by atoms with Gasteiger partial charge in [-0.25, -0.2) is 4.39 Å². The Morgan fingerprint density at radius 2 is 2.21 bits per heavy atom. The highest BCUT2D eigenvalue weighted by Crippen LogP contribution is 2.14. The summed E-state index contributed by atoms with van der Waals surface area (Å²) < 4.78 is 18.8. The molecule has 19 heavy (non-hydrogen) atoms. The van der Waals surface area contributed by atoms with E-state index in [4.69, 9.17) is 10.00 Å². The van der Waals surface area contributed by atoms with Crippen LogP contribution in [0, 0.1) is 17.1 Å². The smallest absolute Gasteiger partial charge is 0.320 e. The van der Waals surface area contributed by atoms with Crippen LogP contribution < -0.4 is 0 Å². The van der Waals surface area contributed by atoms with E-state index in [1.807, 2.05) is 6.92 Å². The largest absolute Gasteiger partial charge is 0.465 e. The molecule has 0 saturated carbocycles. The Hall–Kier alpha value is -1.93. The Balaban J connectivity index is 2.76. The second-order valence-corrected chi connectivity index (χ2v) is 4.00. The average Bonchev–Trinajstić information content (AvgIpc) is 2.40. The Morgan fingerprint density at radius 3 is 2.79 bits per heavy atom. The van der Waals surface area contributed by atoms with Crippen molar-refractivity contribution in [3.8, 4) is 6.07 Å². The van der Waals surface area contributed by atoms with E-state index in [1.54, 1.807) is 30.0 Å². The van der Waals surface area contributed by atoms with Gasteiger partial charge < -0.3 is 4.74 Å². The number of ether oxygens (including phenoxy) is 1. The van der Waals surface area contributed by atoms with Crippen molar-refractivity contribution in [2.45, 2.75) is 20.4 Å². The predicted molar refractivity (Wildman–Crippen MR) is 68.7 cm³/mol. The van der Waals surface area contributed by atoms with Crippen LogP contribution in [0.1, 0.15) is 25.0 Å². The zero-order chi connectivity index (χ0) is 14.3. The Bertz CT molecular complexity index is 483. The zero-order valence-corrected chi connectivity index (χ0v) is 11.1. The Kier molecular flexibility index (Phi) is 5.97. The summed E-state index contributed by atoms with van der Waals surface area (Å²) in [6.07, 6.45) is 0. The molecule has 0 atom stereocenters. The van der Waals surface area contributed by atoms with Crippen LogP contribution in [-0.4, -0.2) is 30.6 Å². The summed E-state index contributed by atoms with van der Waals surface area (Å²) in [4.78, 5) is 13.2. The molecule has 0 aromatic heterocycles. The molecule has 0 aliphatic rings. The molecular formula is C14H17FN2O2. The minimum atomic E-state index is -0.521. The van der Waals surface area contributed by atoms with Gasteiger partial charge in [-0.1, -0.05) is 19.1 Å². The van der Waals surface area contributed by atoms with Crippen molar-refractivity contribution in [3.05, 3.63) is 35.1 Å². The number of carbonyl (C=O) groups is 1. The van der Waals surface area contributed by atoms with Crippen molar-refractivity contribution in [2.24, 2.45) is 0 Å². The molecule has 0 aliphatic carbocycles. The van der Waals surface area contributed by atoms with Gasteiger partial charge >= 0.3 is 5.97 Å². The molecule has 0 radical (unpaired) electrons. The molecule has 4 nitrogen and oxygen atoms in total. The van der Waals surface area contributed by atoms with Crippen molar-refractivity contribution in [3.63, 3.8) is 0 Å². The summed E-state index contributed by atoms with van der Waals surface area (Å²) in [6, 6.07) is 6.48. The fourth-order valence-corrected chi connectivity index (χ4v) is 1.70. The second kappa shape index (κ2) is 7.49. The summed E-state index contributed by atoms with van der Waals surface area (Å²) in [5.41, 5.74) is 0.426. The first-order valence-electron chi connectivity index (χ1n) is 6.17. The average molecular weight is 264 g/mol. The number of hydrogen-bond acceptors (Lipinski definition) is 4. The number of carbonyl (C=O) groups excluding carboxylic acids is 1. The summed E-state index contributed by atoms with van der Waals surface area (Å²) in [6.45, 7) is 4.93. The van der Waals surface area contributed by atoms with Crippen molar-refractivity contribution in [2.75, 3.05) is 19.7 Å². The van der Waals surface area contributed by atoms with Gasteiger partial charge in [-0.15, -0.1) is 0 Å². The van der Waals surface area contributed by atoms with Crippen molar-refractivity contribution >= 4 is 5.97 Å². The lowest BCUT2D eigenvalue weighted by atomic mass is 10.1. The SMILES string of the molecule is CCOC(=O)CN(CC)Cc1cccc(C#N)c1F. The lowest BCUT2D eigenvalue weighted by molar-refractivity contribution is -0.144. The van der Waals surface area contributed by atoms with E-state index < -0.39 is 5.82 Å². The summed E-state index contributed by atoms with van der Waals surface area (Å²) in [5.74, 6) is -0.853. The van der Waals surface area contributed by atoms with E-state index in [0.717, 1.165) is 0 Å². The third-order valence-corrected chi connectivity index (χ3v) is 2.70. The topological polar surface area (TPSA) is 53.3 Å². The van der Waals surface area contributed by atoms with Gasteiger partial charge in [-0.3, -0.25) is 9.69 Å². The molecular weight excluding hydrogens is 247 g/mol. The number of nitriles is 1. The van der Waals surface area contributed by atoms with E-state index in [1.165, 1.54) is 6.07 Å². The molecule has 0 unspecified atom stereocenters. The molecule has 1 rings (SSSR count). The normalized spacial score (nSPS) is 10.3. The predicted octanol–water partition coefficient (Wildman–Crippen LogP) is 2.08. The van der Waals surface area contributed by atoms with Gasteiger partial charge in [-0.2, -0.15) is 5.26 Å². The maximum absolute atomic E-state index is 13.9. The van der Waals surface area contributed by atoms with Crippen LogP contribution in [0.25, 0.3) is 0 Å². The maximum Gasteiger partial charge on any atom is 0.320 e. The Morgan fingerprint density at radius 1 is 1.47 bits per heavy atom. The molecule has 0 bridgehead atoms. The molecule has 0 spiro atoms. The molecule has 102 valence electrons. The molecule has 1 aromatic carbocycles. The van der Waals surface area contributed by atoms with Crippen molar-refractivity contribution < 1.29 is 13.9 Å². The lowest BCUT2D eigenvalue weighted by Crippen LogP contribution is -2.30. The molecule has 0 fully saturated rings. The maximum atomic E-state index is 13.9. The van der Waals surface area contributed by atoms with Crippen molar-refractivity contribution in [1.82, 2.24) is 4.90 Å². The van der Waals surface area contributed by atoms with Crippen molar-refractivity contribution in [1.29, 1.82) is 5.26 Å². The first kappa shape index (κ1) is 15.1. The minimum Gasteiger partial charge on any atom is -0.465 e. The third kappa shape index (κ3) is 4.34. The standard InChI is InChI=1S/C14H17FN2O2/c1-3-17(10-13(18)19-4-2)9-12-7-5-6-11(8-16)14(12)15/h5-7H,3-4,9-10H2,1-2H3. The molecule has 0 aliphatic heterocycles. The summed E-state index contributed by atoms with van der Waals surface area (Å²) >= 11 is 0. The highest BCUT2D eigenvalue weighted by Gasteiger charge is 2.14. The van der Waals surface area contributed by atoms with Crippen LogP contribution in [-0.2, 0) is 16.1 Å². The van der Waals surface area contributed by atoms with E-state index >= 15 is 0 Å². The fraction of sp³-hybridized carbons (Fsp3) is 0.429. The number of benzene rings is 1. The molecule has 0 amide bonds. The fourth-order valence-electron chi connectivity index (χ4n) is 1.70. The van der Waals surface area contributed by atoms with Crippen LogP contribution in [0.3, 0.4) is 0 Å². The first-order valence-corrected chi connectivity index (χ1v) is 6.17.